The Hall–Kier alpha value is -2.25. The maximum absolute atomic E-state index is 12.0. The first kappa shape index (κ1) is 18.1. The second-order valence-corrected chi connectivity index (χ2v) is 7.14. The van der Waals surface area contributed by atoms with E-state index in [0.717, 1.165) is 12.0 Å². The van der Waals surface area contributed by atoms with Crippen LogP contribution in [0.15, 0.2) is 48.5 Å². The van der Waals surface area contributed by atoms with Crippen molar-refractivity contribution in [2.45, 2.75) is 0 Å². The lowest BCUT2D eigenvalue weighted by Crippen LogP contribution is -2.28. The molecular weight excluding hydrogens is 352 g/mol. The summed E-state index contributed by atoms with van der Waals surface area (Å²) < 4.78 is 30.1. The van der Waals surface area contributed by atoms with Crippen LogP contribution in [-0.4, -0.2) is 33.7 Å². The van der Waals surface area contributed by atoms with E-state index in [4.69, 9.17) is 16.3 Å². The number of anilines is 1. The summed E-state index contributed by atoms with van der Waals surface area (Å²) in [6.45, 7) is 0.659. The van der Waals surface area contributed by atoms with Crippen molar-refractivity contribution in [1.29, 1.82) is 0 Å². The van der Waals surface area contributed by atoms with E-state index >= 15 is 0 Å². The third-order valence-electron chi connectivity index (χ3n) is 2.93. The molecule has 0 fully saturated rings. The van der Waals surface area contributed by atoms with Crippen molar-refractivity contribution in [3.63, 3.8) is 0 Å². The first-order valence-corrected chi connectivity index (χ1v) is 9.35. The molecule has 2 aromatic rings. The molecule has 24 heavy (non-hydrogen) atoms. The van der Waals surface area contributed by atoms with Gasteiger partial charge in [0, 0.05) is 5.56 Å². The molecular formula is C16H17ClN2O4S. The Morgan fingerprint density at radius 3 is 2.50 bits per heavy atom. The molecule has 1 amide bonds. The van der Waals surface area contributed by atoms with Gasteiger partial charge in [-0.2, -0.15) is 0 Å². The quantitative estimate of drug-likeness (QED) is 0.735. The molecule has 2 aromatic carbocycles. The highest BCUT2D eigenvalue weighted by Crippen LogP contribution is 2.23. The number of carbonyl (C=O) groups excluding carboxylic acids is 1. The van der Waals surface area contributed by atoms with Gasteiger partial charge in [-0.3, -0.25) is 9.52 Å². The standard InChI is InChI=1S/C16H17ClN2O4S/c1-24(21,22)19-15-8-7-12(11-14(15)17)16(20)18-9-10-23-13-5-3-2-4-6-13/h2-8,11,19H,9-10H2,1H3,(H,18,20). The number of benzene rings is 2. The van der Waals surface area contributed by atoms with Gasteiger partial charge in [0.1, 0.15) is 12.4 Å². The number of hydrogen-bond acceptors (Lipinski definition) is 4. The van der Waals surface area contributed by atoms with Crippen LogP contribution in [0.5, 0.6) is 5.75 Å². The molecule has 0 spiro atoms. The van der Waals surface area contributed by atoms with Crippen molar-refractivity contribution in [2.24, 2.45) is 0 Å². The van der Waals surface area contributed by atoms with Crippen molar-refractivity contribution in [1.82, 2.24) is 5.32 Å². The summed E-state index contributed by atoms with van der Waals surface area (Å²) in [4.78, 5) is 12.0. The molecule has 0 radical (unpaired) electrons. The molecule has 0 bridgehead atoms. The van der Waals surface area contributed by atoms with E-state index in [1.165, 1.54) is 18.2 Å². The van der Waals surface area contributed by atoms with Crippen molar-refractivity contribution in [3.8, 4) is 5.75 Å². The van der Waals surface area contributed by atoms with Crippen molar-refractivity contribution >= 4 is 33.2 Å². The highest BCUT2D eigenvalue weighted by molar-refractivity contribution is 7.92. The fraction of sp³-hybridized carbons (Fsp3) is 0.188. The topological polar surface area (TPSA) is 84.5 Å². The molecule has 0 atom stereocenters. The minimum atomic E-state index is -3.43. The average Bonchev–Trinajstić information content (AvgIpc) is 2.53. The minimum absolute atomic E-state index is 0.147. The van der Waals surface area contributed by atoms with E-state index in [1.807, 2.05) is 30.3 Å². The summed E-state index contributed by atoms with van der Waals surface area (Å²) in [6, 6.07) is 13.6. The number of sulfonamides is 1. The lowest BCUT2D eigenvalue weighted by molar-refractivity contribution is 0.0947. The van der Waals surface area contributed by atoms with Gasteiger partial charge in [-0.25, -0.2) is 8.42 Å². The Kier molecular flexibility index (Phi) is 6.05. The Balaban J connectivity index is 1.87. The van der Waals surface area contributed by atoms with E-state index in [9.17, 15) is 13.2 Å². The number of amides is 1. The summed E-state index contributed by atoms with van der Waals surface area (Å²) in [6.07, 6.45) is 1.02. The second kappa shape index (κ2) is 8.03. The van der Waals surface area contributed by atoms with Crippen molar-refractivity contribution < 1.29 is 17.9 Å². The maximum atomic E-state index is 12.0. The number of para-hydroxylation sites is 1. The van der Waals surface area contributed by atoms with E-state index in [1.54, 1.807) is 0 Å². The van der Waals surface area contributed by atoms with Crippen LogP contribution in [0.3, 0.4) is 0 Å². The smallest absolute Gasteiger partial charge is 0.251 e. The Morgan fingerprint density at radius 1 is 1.17 bits per heavy atom. The molecule has 0 saturated heterocycles. The predicted molar refractivity (Wildman–Crippen MR) is 94.2 cm³/mol. The maximum Gasteiger partial charge on any atom is 0.251 e. The van der Waals surface area contributed by atoms with Crippen molar-refractivity contribution in [2.75, 3.05) is 24.1 Å². The van der Waals surface area contributed by atoms with Gasteiger partial charge in [-0.15, -0.1) is 0 Å². The first-order chi connectivity index (χ1) is 11.3. The molecule has 8 heteroatoms. The number of ether oxygens (including phenoxy) is 1. The van der Waals surface area contributed by atoms with Crippen LogP contribution < -0.4 is 14.8 Å². The summed E-state index contributed by atoms with van der Waals surface area (Å²) in [7, 11) is -3.43. The van der Waals surface area contributed by atoms with Gasteiger partial charge in [0.15, 0.2) is 0 Å². The first-order valence-electron chi connectivity index (χ1n) is 7.08. The molecule has 2 rings (SSSR count). The molecule has 6 nitrogen and oxygen atoms in total. The van der Waals surface area contributed by atoms with Crippen LogP contribution in [0, 0.1) is 0 Å². The molecule has 0 aliphatic heterocycles. The van der Waals surface area contributed by atoms with E-state index in [0.29, 0.717) is 18.7 Å². The van der Waals surface area contributed by atoms with Gasteiger partial charge in [0.05, 0.1) is 23.5 Å². The summed E-state index contributed by atoms with van der Waals surface area (Å²) >= 11 is 5.99. The average molecular weight is 369 g/mol. The Bertz CT molecular complexity index is 810. The number of nitrogens with one attached hydrogen (secondary N) is 2. The second-order valence-electron chi connectivity index (χ2n) is 4.99. The van der Waals surface area contributed by atoms with Gasteiger partial charge >= 0.3 is 0 Å². The third kappa shape index (κ3) is 5.75. The number of halogens is 1. The zero-order chi connectivity index (χ0) is 17.6. The third-order valence-corrected chi connectivity index (χ3v) is 3.83. The summed E-state index contributed by atoms with van der Waals surface area (Å²) in [5, 5.41) is 2.85. The van der Waals surface area contributed by atoms with Crippen LogP contribution in [0.1, 0.15) is 10.4 Å². The summed E-state index contributed by atoms with van der Waals surface area (Å²) in [5.74, 6) is 0.408. The van der Waals surface area contributed by atoms with Crippen LogP contribution in [0.4, 0.5) is 5.69 Å². The zero-order valence-electron chi connectivity index (χ0n) is 13.0. The van der Waals surface area contributed by atoms with Crippen LogP contribution in [-0.2, 0) is 10.0 Å². The fourth-order valence-corrected chi connectivity index (χ4v) is 2.75. The lowest BCUT2D eigenvalue weighted by Gasteiger charge is -2.10. The minimum Gasteiger partial charge on any atom is -0.492 e. The Morgan fingerprint density at radius 2 is 1.88 bits per heavy atom. The molecule has 0 aliphatic rings. The SMILES string of the molecule is CS(=O)(=O)Nc1ccc(C(=O)NCCOc2ccccc2)cc1Cl. The molecule has 0 heterocycles. The molecule has 128 valence electrons. The normalized spacial score (nSPS) is 10.9. The van der Waals surface area contributed by atoms with Gasteiger partial charge in [-0.05, 0) is 30.3 Å². The molecule has 0 aliphatic carbocycles. The summed E-state index contributed by atoms with van der Waals surface area (Å²) in [5.41, 5.74) is 0.557. The molecule has 0 unspecified atom stereocenters. The fourth-order valence-electron chi connectivity index (χ4n) is 1.89. The Labute approximate surface area is 145 Å². The highest BCUT2D eigenvalue weighted by Gasteiger charge is 2.11. The van der Waals surface area contributed by atoms with Gasteiger partial charge < -0.3 is 10.1 Å². The highest BCUT2D eigenvalue weighted by atomic mass is 35.5. The van der Waals surface area contributed by atoms with Crippen LogP contribution in [0.2, 0.25) is 5.02 Å². The number of carbonyl (C=O) groups is 1. The largest absolute Gasteiger partial charge is 0.492 e. The van der Waals surface area contributed by atoms with Crippen LogP contribution in [0.25, 0.3) is 0 Å². The van der Waals surface area contributed by atoms with E-state index < -0.39 is 10.0 Å². The predicted octanol–water partition coefficient (Wildman–Crippen LogP) is 2.52. The van der Waals surface area contributed by atoms with Gasteiger partial charge in [-0.1, -0.05) is 29.8 Å². The van der Waals surface area contributed by atoms with E-state index in [2.05, 4.69) is 10.0 Å². The van der Waals surface area contributed by atoms with E-state index in [-0.39, 0.29) is 16.6 Å². The monoisotopic (exact) mass is 368 g/mol. The number of hydrogen-bond donors (Lipinski definition) is 2. The zero-order valence-corrected chi connectivity index (χ0v) is 14.5. The lowest BCUT2D eigenvalue weighted by atomic mass is 10.2. The van der Waals surface area contributed by atoms with Crippen LogP contribution >= 0.6 is 11.6 Å². The molecule has 0 aromatic heterocycles. The number of rotatable bonds is 7. The van der Waals surface area contributed by atoms with Crippen molar-refractivity contribution in [3.05, 3.63) is 59.1 Å². The van der Waals surface area contributed by atoms with Gasteiger partial charge in [0.2, 0.25) is 10.0 Å². The van der Waals surface area contributed by atoms with Gasteiger partial charge in [0.25, 0.3) is 5.91 Å². The molecule has 2 N–H and O–H groups in total. The molecule has 0 saturated carbocycles.